The zero-order chi connectivity index (χ0) is 13.5. The number of pyridine rings is 1. The quantitative estimate of drug-likeness (QED) is 0.862. The van der Waals surface area contributed by atoms with Crippen molar-refractivity contribution in [3.05, 3.63) is 42.2 Å². The van der Waals surface area contributed by atoms with Gasteiger partial charge in [-0.15, -0.1) is 0 Å². The van der Waals surface area contributed by atoms with E-state index in [9.17, 15) is 5.11 Å². The van der Waals surface area contributed by atoms with E-state index >= 15 is 0 Å². The number of thioether (sulfide) groups is 1. The van der Waals surface area contributed by atoms with Crippen molar-refractivity contribution in [2.75, 3.05) is 11.5 Å². The molecule has 100 valence electrons. The molecule has 19 heavy (non-hydrogen) atoms. The maximum absolute atomic E-state index is 11.3. The Hall–Kier alpha value is -1.06. The average Bonchev–Trinajstić information content (AvgIpc) is 2.41. The molecular formula is C16H19NOS. The molecule has 3 rings (SSSR count). The molecule has 1 saturated heterocycles. The van der Waals surface area contributed by atoms with E-state index in [1.54, 1.807) is 6.20 Å². The third-order valence-electron chi connectivity index (χ3n) is 4.43. The molecule has 0 saturated carbocycles. The van der Waals surface area contributed by atoms with Crippen LogP contribution in [0.2, 0.25) is 0 Å². The lowest BCUT2D eigenvalue weighted by atomic mass is 9.69. The Morgan fingerprint density at radius 2 is 2.11 bits per heavy atom. The first-order chi connectivity index (χ1) is 9.05. The second-order valence-corrected chi connectivity index (χ2v) is 7.05. The molecule has 0 amide bonds. The second-order valence-electron chi connectivity index (χ2n) is 5.95. The standard InChI is InChI=1S/C16H19NOS/c1-15(2)7-9-19-11-16(15,18)14-5-3-4-12-10-17-8-6-13(12)14/h3-6,8,10,18H,7,9,11H2,1-2H3. The van der Waals surface area contributed by atoms with Crippen LogP contribution in [0.4, 0.5) is 0 Å². The Labute approximate surface area is 118 Å². The molecule has 1 unspecified atom stereocenters. The summed E-state index contributed by atoms with van der Waals surface area (Å²) in [6, 6.07) is 8.15. The van der Waals surface area contributed by atoms with Crippen LogP contribution in [0, 0.1) is 5.41 Å². The molecule has 0 spiro atoms. The van der Waals surface area contributed by atoms with Gasteiger partial charge < -0.3 is 5.11 Å². The number of hydrogen-bond donors (Lipinski definition) is 1. The molecule has 1 aromatic carbocycles. The van der Waals surface area contributed by atoms with Crippen molar-refractivity contribution in [1.29, 1.82) is 0 Å². The number of aliphatic hydroxyl groups is 1. The van der Waals surface area contributed by atoms with Crippen molar-refractivity contribution in [3.8, 4) is 0 Å². The zero-order valence-electron chi connectivity index (χ0n) is 11.4. The van der Waals surface area contributed by atoms with Crippen molar-refractivity contribution >= 4 is 22.5 Å². The Morgan fingerprint density at radius 3 is 2.89 bits per heavy atom. The molecule has 0 bridgehead atoms. The van der Waals surface area contributed by atoms with Crippen LogP contribution in [-0.4, -0.2) is 21.6 Å². The van der Waals surface area contributed by atoms with E-state index in [0.717, 1.165) is 34.3 Å². The average molecular weight is 273 g/mol. The lowest BCUT2D eigenvalue weighted by molar-refractivity contribution is -0.0566. The first-order valence-electron chi connectivity index (χ1n) is 6.68. The fourth-order valence-corrected chi connectivity index (χ4v) is 4.52. The molecule has 0 radical (unpaired) electrons. The van der Waals surface area contributed by atoms with Gasteiger partial charge in [-0.25, -0.2) is 0 Å². The summed E-state index contributed by atoms with van der Waals surface area (Å²) in [6.45, 7) is 4.35. The number of fused-ring (bicyclic) bond motifs is 1. The minimum atomic E-state index is -0.767. The highest BCUT2D eigenvalue weighted by molar-refractivity contribution is 7.99. The second kappa shape index (κ2) is 4.50. The van der Waals surface area contributed by atoms with Gasteiger partial charge in [0, 0.05) is 23.5 Å². The first kappa shape index (κ1) is 12.9. The summed E-state index contributed by atoms with van der Waals surface area (Å²) in [5.41, 5.74) is 0.177. The molecule has 1 aliphatic rings. The molecule has 2 heterocycles. The van der Waals surface area contributed by atoms with Crippen molar-refractivity contribution in [2.24, 2.45) is 5.41 Å². The third-order valence-corrected chi connectivity index (χ3v) is 5.54. The van der Waals surface area contributed by atoms with Crippen LogP contribution in [0.1, 0.15) is 25.8 Å². The van der Waals surface area contributed by atoms with E-state index in [1.165, 1.54) is 0 Å². The van der Waals surface area contributed by atoms with E-state index in [0.29, 0.717) is 0 Å². The number of aromatic nitrogens is 1. The SMILES string of the molecule is CC1(C)CCSCC1(O)c1cccc2cnccc12. The molecule has 1 atom stereocenters. The van der Waals surface area contributed by atoms with E-state index in [-0.39, 0.29) is 5.41 Å². The van der Waals surface area contributed by atoms with Crippen LogP contribution in [0.15, 0.2) is 36.7 Å². The van der Waals surface area contributed by atoms with Crippen molar-refractivity contribution in [3.63, 3.8) is 0 Å². The van der Waals surface area contributed by atoms with E-state index in [1.807, 2.05) is 30.1 Å². The molecule has 1 aliphatic heterocycles. The van der Waals surface area contributed by atoms with Crippen molar-refractivity contribution in [1.82, 2.24) is 4.98 Å². The number of rotatable bonds is 1. The molecule has 2 nitrogen and oxygen atoms in total. The summed E-state index contributed by atoms with van der Waals surface area (Å²) in [6.07, 6.45) is 4.71. The normalized spacial score (nSPS) is 26.5. The predicted octanol–water partition coefficient (Wildman–Crippen LogP) is 3.59. The Kier molecular flexibility index (Phi) is 3.06. The minimum absolute atomic E-state index is 0.101. The van der Waals surface area contributed by atoms with Gasteiger partial charge in [-0.05, 0) is 34.6 Å². The topological polar surface area (TPSA) is 33.1 Å². The van der Waals surface area contributed by atoms with Gasteiger partial charge in [0.1, 0.15) is 5.60 Å². The summed E-state index contributed by atoms with van der Waals surface area (Å²) < 4.78 is 0. The van der Waals surface area contributed by atoms with Gasteiger partial charge in [0.2, 0.25) is 0 Å². The minimum Gasteiger partial charge on any atom is -0.384 e. The maximum Gasteiger partial charge on any atom is 0.104 e. The smallest absolute Gasteiger partial charge is 0.104 e. The Morgan fingerprint density at radius 1 is 1.26 bits per heavy atom. The molecule has 1 N–H and O–H groups in total. The fourth-order valence-electron chi connectivity index (χ4n) is 2.87. The molecule has 2 aromatic rings. The van der Waals surface area contributed by atoms with E-state index < -0.39 is 5.60 Å². The summed E-state index contributed by atoms with van der Waals surface area (Å²) >= 11 is 1.84. The maximum atomic E-state index is 11.3. The zero-order valence-corrected chi connectivity index (χ0v) is 12.2. The van der Waals surface area contributed by atoms with E-state index in [2.05, 4.69) is 31.0 Å². The van der Waals surface area contributed by atoms with Gasteiger partial charge in [-0.2, -0.15) is 11.8 Å². The predicted molar refractivity (Wildman–Crippen MR) is 81.4 cm³/mol. The molecule has 1 fully saturated rings. The van der Waals surface area contributed by atoms with Gasteiger partial charge >= 0.3 is 0 Å². The molecule has 1 aromatic heterocycles. The molecule has 3 heteroatoms. The summed E-state index contributed by atoms with van der Waals surface area (Å²) in [5, 5.41) is 13.5. The van der Waals surface area contributed by atoms with Gasteiger partial charge in [0.15, 0.2) is 0 Å². The largest absolute Gasteiger partial charge is 0.384 e. The van der Waals surface area contributed by atoms with Gasteiger partial charge in [0.05, 0.1) is 0 Å². The molecule has 0 aliphatic carbocycles. The summed E-state index contributed by atoms with van der Waals surface area (Å²) in [4.78, 5) is 4.17. The Bertz CT molecular complexity index is 605. The lowest BCUT2D eigenvalue weighted by Crippen LogP contribution is -2.47. The van der Waals surface area contributed by atoms with Crippen molar-refractivity contribution < 1.29 is 5.11 Å². The molecular weight excluding hydrogens is 254 g/mol. The van der Waals surface area contributed by atoms with Gasteiger partial charge in [0.25, 0.3) is 0 Å². The Balaban J connectivity index is 2.23. The van der Waals surface area contributed by atoms with Gasteiger partial charge in [-0.3, -0.25) is 4.98 Å². The number of benzene rings is 1. The fraction of sp³-hybridized carbons (Fsp3) is 0.438. The van der Waals surface area contributed by atoms with Crippen LogP contribution >= 0.6 is 11.8 Å². The highest BCUT2D eigenvalue weighted by Gasteiger charge is 2.47. The lowest BCUT2D eigenvalue weighted by Gasteiger charge is -2.46. The number of nitrogens with zero attached hydrogens (tertiary/aromatic N) is 1. The highest BCUT2D eigenvalue weighted by Crippen LogP contribution is 2.49. The van der Waals surface area contributed by atoms with Crippen LogP contribution in [0.3, 0.4) is 0 Å². The van der Waals surface area contributed by atoms with Gasteiger partial charge in [-0.1, -0.05) is 32.0 Å². The monoisotopic (exact) mass is 273 g/mol. The highest BCUT2D eigenvalue weighted by atomic mass is 32.2. The van der Waals surface area contributed by atoms with Crippen LogP contribution in [0.5, 0.6) is 0 Å². The summed E-state index contributed by atoms with van der Waals surface area (Å²) in [5.74, 6) is 1.89. The van der Waals surface area contributed by atoms with E-state index in [4.69, 9.17) is 0 Å². The third kappa shape index (κ3) is 1.96. The van der Waals surface area contributed by atoms with Crippen LogP contribution < -0.4 is 0 Å². The van der Waals surface area contributed by atoms with Crippen molar-refractivity contribution in [2.45, 2.75) is 25.9 Å². The van der Waals surface area contributed by atoms with Crippen LogP contribution in [-0.2, 0) is 5.60 Å². The number of hydrogen-bond acceptors (Lipinski definition) is 3. The summed E-state index contributed by atoms with van der Waals surface area (Å²) in [7, 11) is 0. The van der Waals surface area contributed by atoms with Crippen LogP contribution in [0.25, 0.3) is 10.8 Å². The first-order valence-corrected chi connectivity index (χ1v) is 7.83.